The number of rotatable bonds is 5. The Labute approximate surface area is 126 Å². The van der Waals surface area contributed by atoms with Crippen LogP contribution >= 0.6 is 11.8 Å². The largest absolute Gasteiger partial charge is 0.368 e. The molecule has 0 saturated heterocycles. The highest BCUT2D eigenvalue weighted by atomic mass is 32.2. The number of carbonyl (C=O) groups is 1. The van der Waals surface area contributed by atoms with E-state index < -0.39 is 0 Å². The monoisotopic (exact) mass is 302 g/mol. The predicted molar refractivity (Wildman–Crippen MR) is 80.5 cm³/mol. The summed E-state index contributed by atoms with van der Waals surface area (Å²) in [5.41, 5.74) is 6.80. The predicted octanol–water partition coefficient (Wildman–Crippen LogP) is 1.39. The van der Waals surface area contributed by atoms with Gasteiger partial charge in [-0.15, -0.1) is 10.2 Å². The molecular formula is C13H14N6OS. The van der Waals surface area contributed by atoms with Crippen molar-refractivity contribution in [1.29, 1.82) is 5.26 Å². The number of nitrogens with two attached hydrogens (primary N) is 1. The van der Waals surface area contributed by atoms with Gasteiger partial charge in [-0.05, 0) is 24.3 Å². The van der Waals surface area contributed by atoms with E-state index in [1.165, 1.54) is 11.8 Å². The molecule has 108 valence electrons. The molecule has 0 aliphatic rings. The van der Waals surface area contributed by atoms with Gasteiger partial charge in [0.2, 0.25) is 11.9 Å². The van der Waals surface area contributed by atoms with Crippen molar-refractivity contribution in [1.82, 2.24) is 14.8 Å². The molecule has 2 rings (SSSR count). The summed E-state index contributed by atoms with van der Waals surface area (Å²) in [6, 6.07) is 8.75. The number of anilines is 2. The first-order chi connectivity index (χ1) is 10.1. The Kier molecular flexibility index (Phi) is 4.79. The zero-order valence-corrected chi connectivity index (χ0v) is 12.2. The van der Waals surface area contributed by atoms with Gasteiger partial charge in [-0.3, -0.25) is 9.36 Å². The van der Waals surface area contributed by atoms with E-state index in [0.717, 1.165) is 0 Å². The molecule has 0 spiro atoms. The number of carbonyl (C=O) groups excluding carboxylic acids is 1. The van der Waals surface area contributed by atoms with Crippen molar-refractivity contribution in [3.8, 4) is 6.07 Å². The van der Waals surface area contributed by atoms with Gasteiger partial charge in [-0.25, -0.2) is 0 Å². The van der Waals surface area contributed by atoms with Crippen molar-refractivity contribution in [3.63, 3.8) is 0 Å². The van der Waals surface area contributed by atoms with Gasteiger partial charge in [0, 0.05) is 24.9 Å². The second-order valence-corrected chi connectivity index (χ2v) is 5.30. The van der Waals surface area contributed by atoms with Gasteiger partial charge in [0.15, 0.2) is 5.16 Å². The summed E-state index contributed by atoms with van der Waals surface area (Å²) in [7, 11) is 1.77. The Balaban J connectivity index is 1.79. The van der Waals surface area contributed by atoms with E-state index in [1.807, 2.05) is 6.07 Å². The van der Waals surface area contributed by atoms with Crippen LogP contribution in [-0.2, 0) is 11.8 Å². The minimum atomic E-state index is -0.0950. The first kappa shape index (κ1) is 14.9. The molecule has 8 heteroatoms. The molecule has 1 aromatic carbocycles. The maximum absolute atomic E-state index is 11.8. The van der Waals surface area contributed by atoms with Crippen LogP contribution < -0.4 is 11.1 Å². The Morgan fingerprint density at radius 3 is 2.71 bits per heavy atom. The van der Waals surface area contributed by atoms with Crippen LogP contribution in [0.15, 0.2) is 29.4 Å². The lowest BCUT2D eigenvalue weighted by Gasteiger charge is -2.05. The summed E-state index contributed by atoms with van der Waals surface area (Å²) in [6.07, 6.45) is 0.345. The van der Waals surface area contributed by atoms with Crippen molar-refractivity contribution in [2.24, 2.45) is 7.05 Å². The van der Waals surface area contributed by atoms with Crippen molar-refractivity contribution >= 4 is 29.3 Å². The average Bonchev–Trinajstić information content (AvgIpc) is 2.80. The van der Waals surface area contributed by atoms with E-state index in [2.05, 4.69) is 15.5 Å². The lowest BCUT2D eigenvalue weighted by Crippen LogP contribution is -2.12. The molecule has 1 heterocycles. The van der Waals surface area contributed by atoms with Crippen molar-refractivity contribution < 1.29 is 4.79 Å². The molecule has 3 N–H and O–H groups in total. The summed E-state index contributed by atoms with van der Waals surface area (Å²) in [4.78, 5) is 11.8. The summed E-state index contributed by atoms with van der Waals surface area (Å²) in [5.74, 6) is 0.829. The lowest BCUT2D eigenvalue weighted by molar-refractivity contribution is -0.115. The van der Waals surface area contributed by atoms with Gasteiger partial charge >= 0.3 is 0 Å². The number of nitrogens with one attached hydrogen (secondary N) is 1. The zero-order chi connectivity index (χ0) is 15.2. The highest BCUT2D eigenvalue weighted by Gasteiger charge is 2.08. The van der Waals surface area contributed by atoms with E-state index in [9.17, 15) is 4.79 Å². The Bertz CT molecular complexity index is 673. The van der Waals surface area contributed by atoms with Crippen LogP contribution in [0.25, 0.3) is 0 Å². The standard InChI is InChI=1S/C13H14N6OS/c1-19-12(15)17-18-13(19)21-7-6-11(20)16-10-4-2-9(8-14)3-5-10/h2-5H,6-7H2,1H3,(H2,15,17)(H,16,20). The summed E-state index contributed by atoms with van der Waals surface area (Å²) >= 11 is 1.42. The molecule has 7 nitrogen and oxygen atoms in total. The minimum absolute atomic E-state index is 0.0950. The number of hydrogen-bond acceptors (Lipinski definition) is 6. The molecule has 21 heavy (non-hydrogen) atoms. The van der Waals surface area contributed by atoms with Crippen LogP contribution in [0.5, 0.6) is 0 Å². The number of amides is 1. The van der Waals surface area contributed by atoms with Crippen LogP contribution in [0.3, 0.4) is 0 Å². The molecule has 0 bridgehead atoms. The van der Waals surface area contributed by atoms with Crippen LogP contribution in [-0.4, -0.2) is 26.4 Å². The zero-order valence-electron chi connectivity index (χ0n) is 11.4. The normalized spacial score (nSPS) is 10.1. The topological polar surface area (TPSA) is 110 Å². The molecule has 0 atom stereocenters. The Morgan fingerprint density at radius 2 is 2.14 bits per heavy atom. The number of benzene rings is 1. The number of aromatic nitrogens is 3. The van der Waals surface area contributed by atoms with Crippen LogP contribution in [0, 0.1) is 11.3 Å². The second kappa shape index (κ2) is 6.76. The third-order valence-corrected chi connectivity index (χ3v) is 3.75. The van der Waals surface area contributed by atoms with Crippen molar-refractivity contribution in [3.05, 3.63) is 29.8 Å². The Morgan fingerprint density at radius 1 is 1.43 bits per heavy atom. The SMILES string of the molecule is Cn1c(N)nnc1SCCC(=O)Nc1ccc(C#N)cc1. The van der Waals surface area contributed by atoms with E-state index in [0.29, 0.717) is 34.5 Å². The fourth-order valence-corrected chi connectivity index (χ4v) is 2.39. The van der Waals surface area contributed by atoms with E-state index in [4.69, 9.17) is 11.0 Å². The maximum atomic E-state index is 11.8. The minimum Gasteiger partial charge on any atom is -0.368 e. The van der Waals surface area contributed by atoms with Crippen molar-refractivity contribution in [2.75, 3.05) is 16.8 Å². The molecule has 0 aliphatic carbocycles. The van der Waals surface area contributed by atoms with Crippen LogP contribution in [0.4, 0.5) is 11.6 Å². The van der Waals surface area contributed by atoms with Crippen LogP contribution in [0.2, 0.25) is 0 Å². The van der Waals surface area contributed by atoms with Gasteiger partial charge in [-0.1, -0.05) is 11.8 Å². The molecule has 0 unspecified atom stereocenters. The number of hydrogen-bond donors (Lipinski definition) is 2. The molecule has 0 aliphatic heterocycles. The fourth-order valence-electron chi connectivity index (χ4n) is 1.54. The summed E-state index contributed by atoms with van der Waals surface area (Å²) in [5, 5.41) is 19.8. The third kappa shape index (κ3) is 3.97. The molecule has 0 saturated carbocycles. The highest BCUT2D eigenvalue weighted by molar-refractivity contribution is 7.99. The molecule has 2 aromatic rings. The summed E-state index contributed by atoms with van der Waals surface area (Å²) in [6.45, 7) is 0. The van der Waals surface area contributed by atoms with Gasteiger partial charge < -0.3 is 11.1 Å². The molecule has 1 aromatic heterocycles. The quantitative estimate of drug-likeness (QED) is 0.808. The van der Waals surface area contributed by atoms with E-state index >= 15 is 0 Å². The second-order valence-electron chi connectivity index (χ2n) is 4.24. The van der Waals surface area contributed by atoms with E-state index in [-0.39, 0.29) is 5.91 Å². The van der Waals surface area contributed by atoms with Gasteiger partial charge in [-0.2, -0.15) is 5.26 Å². The molecule has 1 amide bonds. The lowest BCUT2D eigenvalue weighted by atomic mass is 10.2. The first-order valence-electron chi connectivity index (χ1n) is 6.18. The maximum Gasteiger partial charge on any atom is 0.225 e. The van der Waals surface area contributed by atoms with Crippen molar-refractivity contribution in [2.45, 2.75) is 11.6 Å². The smallest absolute Gasteiger partial charge is 0.225 e. The van der Waals surface area contributed by atoms with Gasteiger partial charge in [0.1, 0.15) is 0 Å². The fraction of sp³-hybridized carbons (Fsp3) is 0.231. The average molecular weight is 302 g/mol. The van der Waals surface area contributed by atoms with Gasteiger partial charge in [0.05, 0.1) is 11.6 Å². The highest BCUT2D eigenvalue weighted by Crippen LogP contribution is 2.17. The molecule has 0 radical (unpaired) electrons. The first-order valence-corrected chi connectivity index (χ1v) is 7.16. The number of thioether (sulfide) groups is 1. The molecule has 0 fully saturated rings. The number of nitriles is 1. The summed E-state index contributed by atoms with van der Waals surface area (Å²) < 4.78 is 1.67. The van der Waals surface area contributed by atoms with Gasteiger partial charge in [0.25, 0.3) is 0 Å². The van der Waals surface area contributed by atoms with Crippen LogP contribution in [0.1, 0.15) is 12.0 Å². The number of nitrogens with zero attached hydrogens (tertiary/aromatic N) is 4. The Hall–Kier alpha value is -2.53. The number of nitrogen functional groups attached to an aromatic ring is 1. The van der Waals surface area contributed by atoms with E-state index in [1.54, 1.807) is 35.9 Å². The third-order valence-electron chi connectivity index (χ3n) is 2.73. The molecular weight excluding hydrogens is 288 g/mol.